The normalized spacial score (nSPS) is 10.8. The van der Waals surface area contributed by atoms with E-state index in [9.17, 15) is 0 Å². The van der Waals surface area contributed by atoms with E-state index in [0.29, 0.717) is 17.2 Å². The van der Waals surface area contributed by atoms with Gasteiger partial charge in [0.15, 0.2) is 12.2 Å². The van der Waals surface area contributed by atoms with Crippen LogP contribution >= 0.6 is 15.9 Å². The Morgan fingerprint density at radius 1 is 1.21 bits per heavy atom. The van der Waals surface area contributed by atoms with Crippen LogP contribution < -0.4 is 10.5 Å². The standard InChI is InChI=1S/C14H11BrN2O2/c15-10-3-1-2-4-12(10)18-8-14-17-11-7-9(16)5-6-13(11)19-14/h1-7H,8,16H2. The molecule has 0 spiro atoms. The number of hydrogen-bond acceptors (Lipinski definition) is 4. The number of para-hydroxylation sites is 1. The number of aromatic nitrogens is 1. The Hall–Kier alpha value is -2.01. The van der Waals surface area contributed by atoms with E-state index in [0.717, 1.165) is 15.7 Å². The van der Waals surface area contributed by atoms with E-state index >= 15 is 0 Å². The molecule has 1 heterocycles. The molecule has 1 aromatic heterocycles. The van der Waals surface area contributed by atoms with E-state index in [4.69, 9.17) is 14.9 Å². The second-order valence-electron chi connectivity index (χ2n) is 4.05. The van der Waals surface area contributed by atoms with Crippen molar-refractivity contribution in [3.63, 3.8) is 0 Å². The summed E-state index contributed by atoms with van der Waals surface area (Å²) in [6, 6.07) is 13.0. The first-order valence-electron chi connectivity index (χ1n) is 5.74. The molecule has 0 aliphatic carbocycles. The minimum absolute atomic E-state index is 0.275. The molecular weight excluding hydrogens is 308 g/mol. The minimum atomic E-state index is 0.275. The largest absolute Gasteiger partial charge is 0.483 e. The summed E-state index contributed by atoms with van der Waals surface area (Å²) in [5.74, 6) is 1.28. The highest BCUT2D eigenvalue weighted by molar-refractivity contribution is 9.10. The maximum atomic E-state index is 5.70. The Balaban J connectivity index is 1.80. The summed E-state index contributed by atoms with van der Waals surface area (Å²) in [4.78, 5) is 4.33. The number of anilines is 1. The van der Waals surface area contributed by atoms with Crippen molar-refractivity contribution in [2.75, 3.05) is 5.73 Å². The molecule has 0 saturated carbocycles. The molecule has 0 saturated heterocycles. The van der Waals surface area contributed by atoms with Gasteiger partial charge in [-0.3, -0.25) is 0 Å². The molecule has 0 unspecified atom stereocenters. The van der Waals surface area contributed by atoms with E-state index in [1.54, 1.807) is 18.2 Å². The van der Waals surface area contributed by atoms with Crippen LogP contribution in [-0.4, -0.2) is 4.98 Å². The third-order valence-electron chi connectivity index (χ3n) is 2.64. The van der Waals surface area contributed by atoms with Crippen molar-refractivity contribution in [1.82, 2.24) is 4.98 Å². The number of halogens is 1. The first-order valence-corrected chi connectivity index (χ1v) is 6.54. The van der Waals surface area contributed by atoms with Gasteiger partial charge >= 0.3 is 0 Å². The maximum Gasteiger partial charge on any atom is 0.233 e. The molecular formula is C14H11BrN2O2. The van der Waals surface area contributed by atoms with Gasteiger partial charge in [-0.15, -0.1) is 0 Å². The zero-order valence-electron chi connectivity index (χ0n) is 9.97. The fourth-order valence-electron chi connectivity index (χ4n) is 1.76. The average molecular weight is 319 g/mol. The summed E-state index contributed by atoms with van der Waals surface area (Å²) in [6.07, 6.45) is 0. The van der Waals surface area contributed by atoms with Crippen LogP contribution in [0.5, 0.6) is 5.75 Å². The average Bonchev–Trinajstić information content (AvgIpc) is 2.79. The Kier molecular flexibility index (Phi) is 3.13. The smallest absolute Gasteiger partial charge is 0.233 e. The Morgan fingerprint density at radius 3 is 2.89 bits per heavy atom. The predicted molar refractivity (Wildman–Crippen MR) is 76.9 cm³/mol. The number of benzene rings is 2. The van der Waals surface area contributed by atoms with E-state index in [-0.39, 0.29) is 6.61 Å². The summed E-state index contributed by atoms with van der Waals surface area (Å²) in [7, 11) is 0. The second-order valence-corrected chi connectivity index (χ2v) is 4.91. The molecule has 0 amide bonds. The fourth-order valence-corrected chi connectivity index (χ4v) is 2.15. The number of oxazole rings is 1. The van der Waals surface area contributed by atoms with Crippen molar-refractivity contribution < 1.29 is 9.15 Å². The van der Waals surface area contributed by atoms with Gasteiger partial charge in [-0.2, -0.15) is 0 Å². The number of nitrogen functional groups attached to an aromatic ring is 1. The zero-order chi connectivity index (χ0) is 13.2. The van der Waals surface area contributed by atoms with Crippen LogP contribution in [0.25, 0.3) is 11.1 Å². The van der Waals surface area contributed by atoms with Gasteiger partial charge in [0.05, 0.1) is 4.47 Å². The molecule has 0 bridgehead atoms. The van der Waals surface area contributed by atoms with Crippen LogP contribution in [0.2, 0.25) is 0 Å². The molecule has 2 N–H and O–H groups in total. The van der Waals surface area contributed by atoms with Gasteiger partial charge < -0.3 is 14.9 Å². The Bertz CT molecular complexity index is 724. The first-order chi connectivity index (χ1) is 9.22. The van der Waals surface area contributed by atoms with E-state index < -0.39 is 0 Å². The van der Waals surface area contributed by atoms with Gasteiger partial charge in [-0.05, 0) is 46.3 Å². The Labute approximate surface area is 118 Å². The summed E-state index contributed by atoms with van der Waals surface area (Å²) in [5, 5.41) is 0. The molecule has 96 valence electrons. The van der Waals surface area contributed by atoms with Crippen molar-refractivity contribution in [1.29, 1.82) is 0 Å². The zero-order valence-corrected chi connectivity index (χ0v) is 11.6. The summed E-state index contributed by atoms with van der Waals surface area (Å²) < 4.78 is 12.1. The van der Waals surface area contributed by atoms with Crippen molar-refractivity contribution in [3.8, 4) is 5.75 Å². The molecule has 0 radical (unpaired) electrons. The molecule has 3 rings (SSSR count). The highest BCUT2D eigenvalue weighted by Gasteiger charge is 2.07. The Morgan fingerprint density at radius 2 is 2.05 bits per heavy atom. The third-order valence-corrected chi connectivity index (χ3v) is 3.30. The van der Waals surface area contributed by atoms with Crippen molar-refractivity contribution in [2.24, 2.45) is 0 Å². The molecule has 0 aliphatic rings. The van der Waals surface area contributed by atoms with Gasteiger partial charge in [0.25, 0.3) is 0 Å². The SMILES string of the molecule is Nc1ccc2oc(COc3ccccc3Br)nc2c1. The number of fused-ring (bicyclic) bond motifs is 1. The first kappa shape index (κ1) is 12.0. The lowest BCUT2D eigenvalue weighted by Gasteiger charge is -2.04. The van der Waals surface area contributed by atoms with Gasteiger partial charge in [-0.1, -0.05) is 12.1 Å². The number of rotatable bonds is 3. The van der Waals surface area contributed by atoms with Gasteiger partial charge in [0.2, 0.25) is 5.89 Å². The van der Waals surface area contributed by atoms with Gasteiger partial charge in [0, 0.05) is 5.69 Å². The lowest BCUT2D eigenvalue weighted by Crippen LogP contribution is -1.95. The van der Waals surface area contributed by atoms with E-state index in [1.165, 1.54) is 0 Å². The maximum absolute atomic E-state index is 5.70. The quantitative estimate of drug-likeness (QED) is 0.747. The molecule has 2 aromatic carbocycles. The lowest BCUT2D eigenvalue weighted by molar-refractivity contribution is 0.265. The van der Waals surface area contributed by atoms with Crippen molar-refractivity contribution in [2.45, 2.75) is 6.61 Å². The van der Waals surface area contributed by atoms with E-state index in [1.807, 2.05) is 24.3 Å². The number of nitrogens with zero attached hydrogens (tertiary/aromatic N) is 1. The third kappa shape index (κ3) is 2.56. The van der Waals surface area contributed by atoms with Gasteiger partial charge in [-0.25, -0.2) is 4.98 Å². The highest BCUT2D eigenvalue weighted by Crippen LogP contribution is 2.25. The summed E-state index contributed by atoms with van der Waals surface area (Å²) >= 11 is 3.42. The lowest BCUT2D eigenvalue weighted by atomic mass is 10.3. The van der Waals surface area contributed by atoms with Crippen LogP contribution in [0.3, 0.4) is 0 Å². The molecule has 3 aromatic rings. The van der Waals surface area contributed by atoms with Crippen LogP contribution in [0.4, 0.5) is 5.69 Å². The van der Waals surface area contributed by atoms with Crippen LogP contribution in [0, 0.1) is 0 Å². The molecule has 0 atom stereocenters. The van der Waals surface area contributed by atoms with E-state index in [2.05, 4.69) is 20.9 Å². The molecule has 5 heteroatoms. The fraction of sp³-hybridized carbons (Fsp3) is 0.0714. The van der Waals surface area contributed by atoms with Gasteiger partial charge in [0.1, 0.15) is 11.3 Å². The monoisotopic (exact) mass is 318 g/mol. The number of hydrogen-bond donors (Lipinski definition) is 1. The minimum Gasteiger partial charge on any atom is -0.483 e. The molecule has 0 fully saturated rings. The van der Waals surface area contributed by atoms with Crippen LogP contribution in [0.15, 0.2) is 51.4 Å². The topological polar surface area (TPSA) is 61.3 Å². The molecule has 0 aliphatic heterocycles. The predicted octanol–water partition coefficient (Wildman–Crippen LogP) is 3.75. The van der Waals surface area contributed by atoms with Crippen molar-refractivity contribution >= 4 is 32.7 Å². The number of nitrogens with two attached hydrogens (primary N) is 1. The number of ether oxygens (including phenoxy) is 1. The van der Waals surface area contributed by atoms with Crippen LogP contribution in [0.1, 0.15) is 5.89 Å². The van der Waals surface area contributed by atoms with Crippen molar-refractivity contribution in [3.05, 3.63) is 52.8 Å². The molecule has 4 nitrogen and oxygen atoms in total. The summed E-state index contributed by atoms with van der Waals surface area (Å²) in [5.41, 5.74) is 7.81. The molecule has 19 heavy (non-hydrogen) atoms. The second kappa shape index (κ2) is 4.93. The summed E-state index contributed by atoms with van der Waals surface area (Å²) in [6.45, 7) is 0.275. The van der Waals surface area contributed by atoms with Crippen LogP contribution in [-0.2, 0) is 6.61 Å². The highest BCUT2D eigenvalue weighted by atomic mass is 79.9.